The van der Waals surface area contributed by atoms with Gasteiger partial charge in [0.25, 0.3) is 0 Å². The molecule has 1 atom stereocenters. The summed E-state index contributed by atoms with van der Waals surface area (Å²) in [4.78, 5) is 7.37. The Morgan fingerprint density at radius 1 is 1.38 bits per heavy atom. The zero-order valence-electron chi connectivity index (χ0n) is 13.8. The maximum Gasteiger partial charge on any atom is 0.120 e. The summed E-state index contributed by atoms with van der Waals surface area (Å²) in [5, 5.41) is 10.5. The second kappa shape index (κ2) is 6.39. The Bertz CT molecular complexity index is 869. The van der Waals surface area contributed by atoms with Crippen LogP contribution in [0.3, 0.4) is 0 Å². The minimum Gasteiger partial charge on any atom is -0.339 e. The molecule has 4 rings (SSSR count). The van der Waals surface area contributed by atoms with Crippen molar-refractivity contribution in [1.29, 1.82) is 5.26 Å². The number of hydrogen-bond donors (Lipinski definition) is 0. The van der Waals surface area contributed by atoms with E-state index in [0.717, 1.165) is 30.8 Å². The molecule has 3 heterocycles. The van der Waals surface area contributed by atoms with Gasteiger partial charge in [-0.1, -0.05) is 12.1 Å². The van der Waals surface area contributed by atoms with Gasteiger partial charge in [0.05, 0.1) is 16.3 Å². The van der Waals surface area contributed by atoms with Crippen LogP contribution in [0, 0.1) is 11.3 Å². The molecule has 4 nitrogen and oxygen atoms in total. The van der Waals surface area contributed by atoms with Crippen molar-refractivity contribution in [2.45, 2.75) is 38.9 Å². The molecule has 1 fully saturated rings. The summed E-state index contributed by atoms with van der Waals surface area (Å²) in [5.41, 5.74) is 3.08. The molecule has 0 unspecified atom stereocenters. The first-order valence-corrected chi connectivity index (χ1v) is 9.29. The molecule has 2 aromatic heterocycles. The van der Waals surface area contributed by atoms with Gasteiger partial charge < -0.3 is 4.57 Å². The molecular formula is C19H20N4S. The minimum absolute atomic E-state index is 0.401. The molecule has 122 valence electrons. The first kappa shape index (κ1) is 15.4. The van der Waals surface area contributed by atoms with Crippen molar-refractivity contribution < 1.29 is 0 Å². The topological polar surface area (TPSA) is 44.9 Å². The highest BCUT2D eigenvalue weighted by Gasteiger charge is 2.29. The Hall–Kier alpha value is -2.16. The molecule has 0 radical (unpaired) electrons. The number of aromatic nitrogens is 2. The SMILES string of the molecule is CCn1cc(CN2CCC[C@H]2c2nc3ccccc3s2)cc1C#N. The minimum atomic E-state index is 0.401. The normalized spacial score (nSPS) is 18.2. The first-order valence-electron chi connectivity index (χ1n) is 8.47. The molecule has 1 aromatic carbocycles. The molecule has 1 saturated heterocycles. The van der Waals surface area contributed by atoms with Crippen molar-refractivity contribution in [3.63, 3.8) is 0 Å². The van der Waals surface area contributed by atoms with Gasteiger partial charge in [-0.05, 0) is 50.1 Å². The van der Waals surface area contributed by atoms with Gasteiger partial charge in [0.2, 0.25) is 0 Å². The van der Waals surface area contributed by atoms with Crippen molar-refractivity contribution in [2.24, 2.45) is 0 Å². The summed E-state index contributed by atoms with van der Waals surface area (Å²) in [6.45, 7) is 4.90. The number of nitrogens with zero attached hydrogens (tertiary/aromatic N) is 4. The smallest absolute Gasteiger partial charge is 0.120 e. The van der Waals surface area contributed by atoms with E-state index >= 15 is 0 Å². The van der Waals surface area contributed by atoms with E-state index in [4.69, 9.17) is 4.98 Å². The first-order chi connectivity index (χ1) is 11.8. The molecule has 0 spiro atoms. The lowest BCUT2D eigenvalue weighted by atomic mass is 10.2. The van der Waals surface area contributed by atoms with Gasteiger partial charge in [-0.2, -0.15) is 5.26 Å². The Balaban J connectivity index is 1.58. The molecule has 0 bridgehead atoms. The van der Waals surface area contributed by atoms with Gasteiger partial charge >= 0.3 is 0 Å². The monoisotopic (exact) mass is 336 g/mol. The molecule has 3 aromatic rings. The summed E-state index contributed by atoms with van der Waals surface area (Å²) >= 11 is 1.82. The molecule has 1 aliphatic heterocycles. The van der Waals surface area contributed by atoms with Crippen LogP contribution in [0.4, 0.5) is 0 Å². The van der Waals surface area contributed by atoms with Gasteiger partial charge in [-0.3, -0.25) is 4.90 Å². The van der Waals surface area contributed by atoms with Gasteiger partial charge in [-0.25, -0.2) is 4.98 Å². The quantitative estimate of drug-likeness (QED) is 0.712. The van der Waals surface area contributed by atoms with Gasteiger partial charge in [-0.15, -0.1) is 11.3 Å². The van der Waals surface area contributed by atoms with E-state index in [1.165, 1.54) is 28.1 Å². The highest BCUT2D eigenvalue weighted by molar-refractivity contribution is 7.18. The zero-order valence-corrected chi connectivity index (χ0v) is 14.6. The van der Waals surface area contributed by atoms with Crippen LogP contribution >= 0.6 is 11.3 Å². The summed E-state index contributed by atoms with van der Waals surface area (Å²) < 4.78 is 3.29. The molecule has 5 heteroatoms. The lowest BCUT2D eigenvalue weighted by Gasteiger charge is -2.22. The van der Waals surface area contributed by atoms with Gasteiger partial charge in [0.1, 0.15) is 16.8 Å². The average Bonchev–Trinajstić information content (AvgIpc) is 3.31. The number of fused-ring (bicyclic) bond motifs is 1. The lowest BCUT2D eigenvalue weighted by Crippen LogP contribution is -2.22. The predicted molar refractivity (Wildman–Crippen MR) is 96.8 cm³/mol. The summed E-state index contributed by atoms with van der Waals surface area (Å²) in [5.74, 6) is 0. The predicted octanol–water partition coefficient (Wildman–Crippen LogP) is 4.33. The van der Waals surface area contributed by atoms with E-state index in [1.807, 2.05) is 22.0 Å². The third-order valence-electron chi connectivity index (χ3n) is 4.75. The van der Waals surface area contributed by atoms with E-state index in [2.05, 4.69) is 48.4 Å². The van der Waals surface area contributed by atoms with E-state index in [-0.39, 0.29) is 0 Å². The fourth-order valence-corrected chi connectivity index (χ4v) is 4.71. The Kier molecular flexibility index (Phi) is 4.09. The number of rotatable bonds is 4. The maximum atomic E-state index is 9.24. The Morgan fingerprint density at radius 3 is 3.00 bits per heavy atom. The maximum absolute atomic E-state index is 9.24. The summed E-state index contributed by atoms with van der Waals surface area (Å²) in [7, 11) is 0. The summed E-state index contributed by atoms with van der Waals surface area (Å²) in [6.07, 6.45) is 4.49. The van der Waals surface area contributed by atoms with Crippen LogP contribution < -0.4 is 0 Å². The Labute approximate surface area is 146 Å². The van der Waals surface area contributed by atoms with Gasteiger partial charge in [0, 0.05) is 19.3 Å². The van der Waals surface area contributed by atoms with Crippen molar-refractivity contribution >= 4 is 21.6 Å². The van der Waals surface area contributed by atoms with Crippen LogP contribution in [0.2, 0.25) is 0 Å². The molecule has 0 N–H and O–H groups in total. The van der Waals surface area contributed by atoms with Crippen LogP contribution in [-0.4, -0.2) is 21.0 Å². The lowest BCUT2D eigenvalue weighted by molar-refractivity contribution is 0.248. The third-order valence-corrected chi connectivity index (χ3v) is 5.89. The number of benzene rings is 1. The standard InChI is InChI=1S/C19H20N4S/c1-2-22-12-14(10-15(22)11-20)13-23-9-5-7-17(23)19-21-16-6-3-4-8-18(16)24-19/h3-4,6,8,10,12,17H,2,5,7,9,13H2,1H3/t17-/m0/s1. The number of thiazole rings is 1. The van der Waals surface area contributed by atoms with Crippen LogP contribution in [0.15, 0.2) is 36.5 Å². The molecule has 0 aliphatic carbocycles. The number of para-hydroxylation sites is 1. The van der Waals surface area contributed by atoms with Gasteiger partial charge in [0.15, 0.2) is 0 Å². The Morgan fingerprint density at radius 2 is 2.25 bits per heavy atom. The van der Waals surface area contributed by atoms with E-state index in [1.54, 1.807) is 0 Å². The fourth-order valence-electron chi connectivity index (χ4n) is 3.57. The second-order valence-corrected chi connectivity index (χ2v) is 7.34. The molecule has 0 amide bonds. The molecule has 0 saturated carbocycles. The summed E-state index contributed by atoms with van der Waals surface area (Å²) in [6, 6.07) is 13.1. The van der Waals surface area contributed by atoms with Crippen molar-refractivity contribution in [2.75, 3.05) is 6.54 Å². The van der Waals surface area contributed by atoms with Crippen molar-refractivity contribution in [3.05, 3.63) is 52.8 Å². The number of hydrogen-bond acceptors (Lipinski definition) is 4. The largest absolute Gasteiger partial charge is 0.339 e. The number of aryl methyl sites for hydroxylation is 1. The number of likely N-dealkylation sites (tertiary alicyclic amines) is 1. The van der Waals surface area contributed by atoms with E-state index in [9.17, 15) is 5.26 Å². The van der Waals surface area contributed by atoms with Crippen LogP contribution in [0.25, 0.3) is 10.2 Å². The highest BCUT2D eigenvalue weighted by atomic mass is 32.1. The zero-order chi connectivity index (χ0) is 16.5. The fraction of sp³-hybridized carbons (Fsp3) is 0.368. The third kappa shape index (κ3) is 2.72. The highest BCUT2D eigenvalue weighted by Crippen LogP contribution is 2.37. The number of nitriles is 1. The van der Waals surface area contributed by atoms with E-state index < -0.39 is 0 Å². The van der Waals surface area contributed by atoms with Crippen LogP contribution in [0.5, 0.6) is 0 Å². The molecule has 24 heavy (non-hydrogen) atoms. The van der Waals surface area contributed by atoms with Crippen molar-refractivity contribution in [1.82, 2.24) is 14.5 Å². The van der Waals surface area contributed by atoms with Crippen LogP contribution in [0.1, 0.15) is 42.1 Å². The molecular weight excluding hydrogens is 316 g/mol. The molecule has 1 aliphatic rings. The second-order valence-electron chi connectivity index (χ2n) is 6.28. The average molecular weight is 336 g/mol. The van der Waals surface area contributed by atoms with Crippen molar-refractivity contribution in [3.8, 4) is 6.07 Å². The van der Waals surface area contributed by atoms with E-state index in [0.29, 0.717) is 6.04 Å². The van der Waals surface area contributed by atoms with Crippen LogP contribution in [-0.2, 0) is 13.1 Å².